The summed E-state index contributed by atoms with van der Waals surface area (Å²) < 4.78 is 0. The van der Waals surface area contributed by atoms with Crippen LogP contribution < -0.4 is 0 Å². The van der Waals surface area contributed by atoms with Gasteiger partial charge in [-0.3, -0.25) is 4.79 Å². The largest absolute Gasteiger partial charge is 0.342 e. The Labute approximate surface area is 127 Å². The van der Waals surface area contributed by atoms with Gasteiger partial charge in [0.05, 0.1) is 6.04 Å². The average Bonchev–Trinajstić information content (AvgIpc) is 2.74. The van der Waals surface area contributed by atoms with Crippen molar-refractivity contribution in [3.05, 3.63) is 34.9 Å². The van der Waals surface area contributed by atoms with E-state index < -0.39 is 0 Å². The summed E-state index contributed by atoms with van der Waals surface area (Å²) in [4.78, 5) is 17.3. The number of thioether (sulfide) groups is 1. The first-order valence-corrected chi connectivity index (χ1v) is 7.79. The van der Waals surface area contributed by atoms with Crippen LogP contribution in [0.15, 0.2) is 29.3 Å². The molecule has 3 nitrogen and oxygen atoms in total. The maximum absolute atomic E-state index is 11.2. The lowest BCUT2D eigenvalue weighted by atomic mass is 10.2. The van der Waals surface area contributed by atoms with Crippen LogP contribution >= 0.6 is 35.0 Å². The minimum absolute atomic E-state index is 0.182. The van der Waals surface area contributed by atoms with Crippen molar-refractivity contribution >= 4 is 46.0 Å². The number of carbonyl (C=O) groups excluding carboxylic acids is 1. The van der Waals surface area contributed by atoms with Gasteiger partial charge in [-0.05, 0) is 11.6 Å². The van der Waals surface area contributed by atoms with Gasteiger partial charge in [-0.25, -0.2) is 0 Å². The summed E-state index contributed by atoms with van der Waals surface area (Å²) in [7, 11) is 0. The van der Waals surface area contributed by atoms with E-state index >= 15 is 0 Å². The number of amides is 1. The van der Waals surface area contributed by atoms with Crippen molar-refractivity contribution in [1.29, 1.82) is 0 Å². The number of alkyl halides is 1. The van der Waals surface area contributed by atoms with Gasteiger partial charge in [-0.1, -0.05) is 41.6 Å². The lowest BCUT2D eigenvalue weighted by molar-refractivity contribution is -0.115. The fourth-order valence-corrected chi connectivity index (χ4v) is 3.68. The van der Waals surface area contributed by atoms with Gasteiger partial charge >= 0.3 is 0 Å². The van der Waals surface area contributed by atoms with Crippen molar-refractivity contribution in [1.82, 2.24) is 4.90 Å². The molecule has 19 heavy (non-hydrogen) atoms. The minimum atomic E-state index is -0.193. The van der Waals surface area contributed by atoms with Crippen LogP contribution in [0.3, 0.4) is 0 Å². The highest BCUT2D eigenvalue weighted by molar-refractivity contribution is 8.14. The average molecular weight is 317 g/mol. The van der Waals surface area contributed by atoms with Crippen molar-refractivity contribution in [3.8, 4) is 0 Å². The molecule has 102 valence electrons. The molecular weight excluding hydrogens is 303 g/mol. The Morgan fingerprint density at radius 1 is 1.53 bits per heavy atom. The van der Waals surface area contributed by atoms with Crippen LogP contribution in [0, 0.1) is 0 Å². The molecule has 1 fully saturated rings. The molecule has 0 aliphatic carbocycles. The molecule has 1 aromatic rings. The molecule has 1 unspecified atom stereocenters. The zero-order chi connectivity index (χ0) is 13.8. The predicted octanol–water partition coefficient (Wildman–Crippen LogP) is 3.40. The van der Waals surface area contributed by atoms with Gasteiger partial charge in [-0.15, -0.1) is 11.6 Å². The standard InChI is InChI=1S/C13H14Cl2N2OS/c1-9(18)16-13-17(11(6-14)8-19-13)7-10-4-2-3-5-12(10)15/h2-5,11H,6-8H2,1H3. The molecule has 1 amide bonds. The van der Waals surface area contributed by atoms with E-state index in [-0.39, 0.29) is 11.9 Å². The number of carbonyl (C=O) groups is 1. The highest BCUT2D eigenvalue weighted by Gasteiger charge is 2.30. The van der Waals surface area contributed by atoms with E-state index in [1.165, 1.54) is 6.92 Å². The van der Waals surface area contributed by atoms with Crippen molar-refractivity contribution < 1.29 is 4.79 Å². The summed E-state index contributed by atoms with van der Waals surface area (Å²) in [6.07, 6.45) is 0. The Morgan fingerprint density at radius 3 is 2.89 bits per heavy atom. The third-order valence-corrected chi connectivity index (χ3v) is 4.68. The zero-order valence-electron chi connectivity index (χ0n) is 10.5. The summed E-state index contributed by atoms with van der Waals surface area (Å²) >= 11 is 13.7. The summed E-state index contributed by atoms with van der Waals surface area (Å²) in [5, 5.41) is 1.45. The first-order valence-electron chi connectivity index (χ1n) is 5.90. The first kappa shape index (κ1) is 14.7. The number of nitrogens with zero attached hydrogens (tertiary/aromatic N) is 2. The molecule has 6 heteroatoms. The van der Waals surface area contributed by atoms with Crippen LogP contribution in [0.1, 0.15) is 12.5 Å². The van der Waals surface area contributed by atoms with Crippen LogP contribution in [-0.2, 0) is 11.3 Å². The topological polar surface area (TPSA) is 32.7 Å². The van der Waals surface area contributed by atoms with Crippen LogP contribution in [0.25, 0.3) is 0 Å². The van der Waals surface area contributed by atoms with Crippen LogP contribution in [0.2, 0.25) is 5.02 Å². The van der Waals surface area contributed by atoms with Crippen molar-refractivity contribution in [3.63, 3.8) is 0 Å². The Morgan fingerprint density at radius 2 is 2.26 bits per heavy atom. The number of rotatable bonds is 3. The van der Waals surface area contributed by atoms with Gasteiger partial charge in [-0.2, -0.15) is 4.99 Å². The van der Waals surface area contributed by atoms with Crippen molar-refractivity contribution in [2.75, 3.05) is 11.6 Å². The molecule has 1 aliphatic rings. The van der Waals surface area contributed by atoms with E-state index in [0.29, 0.717) is 12.4 Å². The highest BCUT2D eigenvalue weighted by atomic mass is 35.5. The van der Waals surface area contributed by atoms with Gasteiger partial charge in [0, 0.05) is 30.1 Å². The number of benzene rings is 1. The number of hydrogen-bond donors (Lipinski definition) is 0. The molecule has 1 aliphatic heterocycles. The fourth-order valence-electron chi connectivity index (χ4n) is 1.87. The fraction of sp³-hybridized carbons (Fsp3) is 0.385. The van der Waals surface area contributed by atoms with E-state index in [4.69, 9.17) is 23.2 Å². The van der Waals surface area contributed by atoms with Crippen LogP contribution in [0.5, 0.6) is 0 Å². The monoisotopic (exact) mass is 316 g/mol. The smallest absolute Gasteiger partial charge is 0.244 e. The third kappa shape index (κ3) is 3.65. The quantitative estimate of drug-likeness (QED) is 0.801. The summed E-state index contributed by atoms with van der Waals surface area (Å²) in [6.45, 7) is 2.07. The second-order valence-electron chi connectivity index (χ2n) is 4.25. The molecular formula is C13H14Cl2N2OS. The summed E-state index contributed by atoms with van der Waals surface area (Å²) in [6, 6.07) is 7.86. The zero-order valence-corrected chi connectivity index (χ0v) is 12.8. The lowest BCUT2D eigenvalue weighted by Crippen LogP contribution is -2.35. The minimum Gasteiger partial charge on any atom is -0.342 e. The molecule has 0 spiro atoms. The highest BCUT2D eigenvalue weighted by Crippen LogP contribution is 2.28. The number of hydrogen-bond acceptors (Lipinski definition) is 2. The molecule has 1 atom stereocenters. The normalized spacial score (nSPS) is 21.1. The molecule has 1 saturated heterocycles. The Balaban J connectivity index is 2.23. The Hall–Kier alpha value is -0.710. The Kier molecular flexibility index (Phi) is 5.13. The van der Waals surface area contributed by atoms with E-state index in [2.05, 4.69) is 9.89 Å². The maximum Gasteiger partial charge on any atom is 0.244 e. The number of amidine groups is 1. The van der Waals surface area contributed by atoms with Gasteiger partial charge in [0.1, 0.15) is 0 Å². The summed E-state index contributed by atoms with van der Waals surface area (Å²) in [5.74, 6) is 1.16. The first-order chi connectivity index (χ1) is 9.11. The van der Waals surface area contributed by atoms with Crippen molar-refractivity contribution in [2.24, 2.45) is 4.99 Å². The van der Waals surface area contributed by atoms with Gasteiger partial charge in [0.25, 0.3) is 0 Å². The molecule has 1 aromatic carbocycles. The second-order valence-corrected chi connectivity index (χ2v) is 5.95. The SMILES string of the molecule is CC(=O)N=C1SCC(CCl)N1Cc1ccccc1Cl. The summed E-state index contributed by atoms with van der Waals surface area (Å²) in [5.41, 5.74) is 1.01. The van der Waals surface area contributed by atoms with E-state index in [1.54, 1.807) is 11.8 Å². The molecule has 2 rings (SSSR count). The van der Waals surface area contributed by atoms with Crippen LogP contribution in [0.4, 0.5) is 0 Å². The third-order valence-electron chi connectivity index (χ3n) is 2.82. The molecule has 0 bridgehead atoms. The Bertz CT molecular complexity index is 507. The molecule has 0 radical (unpaired) electrons. The van der Waals surface area contributed by atoms with Gasteiger partial charge in [0.2, 0.25) is 5.91 Å². The second kappa shape index (κ2) is 6.64. The van der Waals surface area contributed by atoms with Gasteiger partial charge < -0.3 is 4.90 Å². The molecule has 1 heterocycles. The van der Waals surface area contributed by atoms with E-state index in [9.17, 15) is 4.79 Å². The lowest BCUT2D eigenvalue weighted by Gasteiger charge is -2.24. The molecule has 0 N–H and O–H groups in total. The number of aliphatic imine (C=N–C) groups is 1. The van der Waals surface area contributed by atoms with E-state index in [1.807, 2.05) is 24.3 Å². The van der Waals surface area contributed by atoms with Gasteiger partial charge in [0.15, 0.2) is 5.17 Å². The predicted molar refractivity (Wildman–Crippen MR) is 82.1 cm³/mol. The van der Waals surface area contributed by atoms with E-state index in [0.717, 1.165) is 21.5 Å². The maximum atomic E-state index is 11.2. The number of halogens is 2. The molecule has 0 aromatic heterocycles. The van der Waals surface area contributed by atoms with Crippen molar-refractivity contribution in [2.45, 2.75) is 19.5 Å². The molecule has 0 saturated carbocycles. The van der Waals surface area contributed by atoms with Crippen LogP contribution in [-0.4, -0.2) is 33.6 Å².